The minimum Gasteiger partial charge on any atom is -0.325 e. The highest BCUT2D eigenvalue weighted by atomic mass is 35.5. The van der Waals surface area contributed by atoms with Crippen molar-refractivity contribution in [2.24, 2.45) is 11.1 Å². The Balaban J connectivity index is 1.86. The van der Waals surface area contributed by atoms with Gasteiger partial charge in [-0.05, 0) is 61.7 Å². The molecule has 1 atom stereocenters. The van der Waals surface area contributed by atoms with Crippen LogP contribution in [0, 0.1) is 5.92 Å². The van der Waals surface area contributed by atoms with Crippen LogP contribution in [0.5, 0.6) is 0 Å². The molecule has 11 heteroatoms. The van der Waals surface area contributed by atoms with Crippen LogP contribution >= 0.6 is 23.4 Å². The largest absolute Gasteiger partial charge is 0.325 e. The Morgan fingerprint density at radius 1 is 1.18 bits per heavy atom. The SMILES string of the molecule is CC(C)CCn1c(SC(C)C(=O)Nc2ccc(S(N)(=O)=O)cc2)nc2cc(Cl)ccc2c1=O. The summed E-state index contributed by atoms with van der Waals surface area (Å²) >= 11 is 7.26. The number of nitrogens with one attached hydrogen (secondary N) is 1. The highest BCUT2D eigenvalue weighted by Crippen LogP contribution is 2.25. The van der Waals surface area contributed by atoms with Gasteiger partial charge in [0.15, 0.2) is 5.16 Å². The molecule has 0 bridgehead atoms. The smallest absolute Gasteiger partial charge is 0.262 e. The molecule has 3 rings (SSSR count). The fraction of sp³-hybridized carbons (Fsp3) is 0.318. The van der Waals surface area contributed by atoms with E-state index in [2.05, 4.69) is 24.1 Å². The van der Waals surface area contributed by atoms with Gasteiger partial charge >= 0.3 is 0 Å². The van der Waals surface area contributed by atoms with E-state index in [9.17, 15) is 18.0 Å². The van der Waals surface area contributed by atoms with Gasteiger partial charge in [0.05, 0.1) is 21.0 Å². The molecule has 1 amide bonds. The Bertz CT molecular complexity index is 1340. The van der Waals surface area contributed by atoms with Crippen LogP contribution in [0.15, 0.2) is 57.3 Å². The molecule has 176 valence electrons. The number of nitrogens with zero attached hydrogens (tertiary/aromatic N) is 2. The van der Waals surface area contributed by atoms with E-state index in [1.54, 1.807) is 29.7 Å². The fourth-order valence-electron chi connectivity index (χ4n) is 3.03. The number of primary sulfonamides is 1. The average molecular weight is 509 g/mol. The van der Waals surface area contributed by atoms with E-state index in [1.165, 1.54) is 36.0 Å². The number of nitrogens with two attached hydrogens (primary N) is 1. The molecular weight excluding hydrogens is 484 g/mol. The number of hydrogen-bond donors (Lipinski definition) is 2. The van der Waals surface area contributed by atoms with Crippen LogP contribution in [-0.2, 0) is 21.4 Å². The highest BCUT2D eigenvalue weighted by molar-refractivity contribution is 8.00. The maximum Gasteiger partial charge on any atom is 0.262 e. The van der Waals surface area contributed by atoms with Crippen molar-refractivity contribution in [1.29, 1.82) is 0 Å². The van der Waals surface area contributed by atoms with Crippen LogP contribution in [0.2, 0.25) is 5.02 Å². The lowest BCUT2D eigenvalue weighted by Crippen LogP contribution is -2.27. The van der Waals surface area contributed by atoms with Crippen molar-refractivity contribution in [2.75, 3.05) is 5.32 Å². The van der Waals surface area contributed by atoms with Crippen LogP contribution in [-0.4, -0.2) is 29.1 Å². The summed E-state index contributed by atoms with van der Waals surface area (Å²) in [5.74, 6) is 0.0656. The minimum atomic E-state index is -3.81. The molecule has 2 aromatic carbocycles. The molecule has 8 nitrogen and oxygen atoms in total. The van der Waals surface area contributed by atoms with Gasteiger partial charge in [-0.2, -0.15) is 0 Å². The molecule has 1 heterocycles. The number of fused-ring (bicyclic) bond motifs is 1. The Kier molecular flexibility index (Phi) is 7.84. The molecule has 0 radical (unpaired) electrons. The van der Waals surface area contributed by atoms with E-state index in [0.717, 1.165) is 6.42 Å². The van der Waals surface area contributed by atoms with Crippen molar-refractivity contribution < 1.29 is 13.2 Å². The molecule has 0 saturated carbocycles. The molecule has 0 aliphatic rings. The first kappa shape index (κ1) is 25.2. The van der Waals surface area contributed by atoms with Crippen LogP contribution in [0.1, 0.15) is 27.2 Å². The summed E-state index contributed by atoms with van der Waals surface area (Å²) in [4.78, 5) is 30.5. The predicted molar refractivity (Wildman–Crippen MR) is 132 cm³/mol. The maximum absolute atomic E-state index is 13.1. The van der Waals surface area contributed by atoms with E-state index in [-0.39, 0.29) is 16.4 Å². The van der Waals surface area contributed by atoms with Crippen molar-refractivity contribution in [3.63, 3.8) is 0 Å². The van der Waals surface area contributed by atoms with Crippen molar-refractivity contribution in [2.45, 2.75) is 49.0 Å². The number of carbonyl (C=O) groups excluding carboxylic acids is 1. The lowest BCUT2D eigenvalue weighted by molar-refractivity contribution is -0.115. The second-order valence-corrected chi connectivity index (χ2v) is 11.3. The van der Waals surface area contributed by atoms with E-state index in [0.29, 0.717) is 39.2 Å². The summed E-state index contributed by atoms with van der Waals surface area (Å²) in [5, 5.41) is 8.63. The molecular formula is C22H25ClN4O4S2. The van der Waals surface area contributed by atoms with Crippen LogP contribution in [0.3, 0.4) is 0 Å². The van der Waals surface area contributed by atoms with Gasteiger partial charge in [0.25, 0.3) is 5.56 Å². The molecule has 0 aliphatic carbocycles. The number of sulfonamides is 1. The Morgan fingerprint density at radius 2 is 1.85 bits per heavy atom. The number of anilines is 1. The molecule has 3 N–H and O–H groups in total. The van der Waals surface area contributed by atoms with Crippen LogP contribution in [0.25, 0.3) is 10.9 Å². The molecule has 0 spiro atoms. The number of amides is 1. The third-order valence-corrected chi connectivity index (χ3v) is 7.17. The summed E-state index contributed by atoms with van der Waals surface area (Å²) in [6.07, 6.45) is 0.783. The number of halogens is 1. The summed E-state index contributed by atoms with van der Waals surface area (Å²) < 4.78 is 24.4. The topological polar surface area (TPSA) is 124 Å². The second-order valence-electron chi connectivity index (χ2n) is 8.01. The molecule has 0 saturated heterocycles. The van der Waals surface area contributed by atoms with Crippen LogP contribution < -0.4 is 16.0 Å². The van der Waals surface area contributed by atoms with E-state index in [4.69, 9.17) is 16.7 Å². The van der Waals surface area contributed by atoms with Gasteiger partial charge in [-0.15, -0.1) is 0 Å². The second kappa shape index (κ2) is 10.3. The number of carbonyl (C=O) groups is 1. The van der Waals surface area contributed by atoms with Crippen molar-refractivity contribution in [1.82, 2.24) is 9.55 Å². The van der Waals surface area contributed by atoms with Gasteiger partial charge < -0.3 is 5.32 Å². The van der Waals surface area contributed by atoms with Gasteiger partial charge in [-0.1, -0.05) is 37.2 Å². The summed E-state index contributed by atoms with van der Waals surface area (Å²) in [5.41, 5.74) is 0.725. The van der Waals surface area contributed by atoms with Crippen molar-refractivity contribution >= 4 is 55.9 Å². The van der Waals surface area contributed by atoms with Gasteiger partial charge in [0.1, 0.15) is 0 Å². The molecule has 0 aliphatic heterocycles. The summed E-state index contributed by atoms with van der Waals surface area (Å²) in [6.45, 7) is 6.33. The molecule has 3 aromatic rings. The first-order valence-electron chi connectivity index (χ1n) is 10.3. The third-order valence-electron chi connectivity index (χ3n) is 4.91. The zero-order valence-corrected chi connectivity index (χ0v) is 20.8. The number of aromatic nitrogens is 2. The molecule has 1 aromatic heterocycles. The van der Waals surface area contributed by atoms with Gasteiger partial charge in [-0.25, -0.2) is 18.5 Å². The average Bonchev–Trinajstić information content (AvgIpc) is 2.72. The zero-order chi connectivity index (χ0) is 24.3. The Hall–Kier alpha value is -2.40. The maximum atomic E-state index is 13.1. The standard InChI is InChI=1S/C22H25ClN4O4S2/c1-13(2)10-11-27-21(29)18-9-4-15(23)12-19(18)26-22(27)32-14(3)20(28)25-16-5-7-17(8-6-16)33(24,30)31/h4-9,12-14H,10-11H2,1-3H3,(H,25,28)(H2,24,30,31). The Labute approximate surface area is 201 Å². The normalized spacial score (nSPS) is 12.8. The van der Waals surface area contributed by atoms with E-state index < -0.39 is 15.3 Å². The van der Waals surface area contributed by atoms with Gasteiger partial charge in [-0.3, -0.25) is 14.2 Å². The highest BCUT2D eigenvalue weighted by Gasteiger charge is 2.20. The quantitative estimate of drug-likeness (QED) is 0.351. The van der Waals surface area contributed by atoms with Crippen molar-refractivity contribution in [3.8, 4) is 0 Å². The van der Waals surface area contributed by atoms with Crippen LogP contribution in [0.4, 0.5) is 5.69 Å². The molecule has 33 heavy (non-hydrogen) atoms. The lowest BCUT2D eigenvalue weighted by atomic mass is 10.1. The first-order valence-corrected chi connectivity index (χ1v) is 13.1. The fourth-order valence-corrected chi connectivity index (χ4v) is 4.65. The Morgan fingerprint density at radius 3 is 2.45 bits per heavy atom. The number of hydrogen-bond acceptors (Lipinski definition) is 6. The van der Waals surface area contributed by atoms with E-state index in [1.807, 2.05) is 0 Å². The first-order chi connectivity index (χ1) is 15.5. The number of rotatable bonds is 8. The van der Waals surface area contributed by atoms with Gasteiger partial charge in [0.2, 0.25) is 15.9 Å². The predicted octanol–water partition coefficient (Wildman–Crippen LogP) is 3.86. The van der Waals surface area contributed by atoms with Crippen molar-refractivity contribution in [3.05, 3.63) is 57.8 Å². The molecule has 0 fully saturated rings. The van der Waals surface area contributed by atoms with Gasteiger partial charge in [0, 0.05) is 17.3 Å². The third kappa shape index (κ3) is 6.35. The summed E-state index contributed by atoms with van der Waals surface area (Å²) in [6, 6.07) is 10.5. The monoisotopic (exact) mass is 508 g/mol. The lowest BCUT2D eigenvalue weighted by Gasteiger charge is -2.17. The molecule has 1 unspecified atom stereocenters. The summed E-state index contributed by atoms with van der Waals surface area (Å²) in [7, 11) is -3.81. The number of thioether (sulfide) groups is 1. The zero-order valence-electron chi connectivity index (χ0n) is 18.4. The van der Waals surface area contributed by atoms with E-state index >= 15 is 0 Å². The number of benzene rings is 2. The minimum absolute atomic E-state index is 0.0453.